The van der Waals surface area contributed by atoms with Gasteiger partial charge in [-0.3, -0.25) is 9.59 Å². The van der Waals surface area contributed by atoms with Crippen LogP contribution < -0.4 is 5.32 Å². The summed E-state index contributed by atoms with van der Waals surface area (Å²) in [5.74, 6) is 0.372. The van der Waals surface area contributed by atoms with Crippen molar-refractivity contribution in [1.29, 1.82) is 0 Å². The quantitative estimate of drug-likeness (QED) is 0.701. The summed E-state index contributed by atoms with van der Waals surface area (Å²) in [6.07, 6.45) is 3.02. The summed E-state index contributed by atoms with van der Waals surface area (Å²) in [5, 5.41) is 7.56. The number of hydrogen-bond acceptors (Lipinski definition) is 6. The smallest absolute Gasteiger partial charge is 0.273 e. The first-order valence-corrected chi connectivity index (χ1v) is 10.9. The molecule has 4 rings (SSSR count). The maximum atomic E-state index is 12.7. The van der Waals surface area contributed by atoms with E-state index in [1.54, 1.807) is 28.5 Å². The predicted octanol–water partition coefficient (Wildman–Crippen LogP) is 4.07. The molecule has 6 nitrogen and oxygen atoms in total. The lowest BCUT2D eigenvalue weighted by molar-refractivity contribution is -0.121. The number of anilines is 1. The molecule has 1 aliphatic heterocycles. The molecule has 8 heteroatoms. The normalized spacial score (nSPS) is 14.8. The zero-order valence-corrected chi connectivity index (χ0v) is 17.1. The van der Waals surface area contributed by atoms with Crippen LogP contribution in [0.1, 0.15) is 28.9 Å². The van der Waals surface area contributed by atoms with E-state index in [-0.39, 0.29) is 17.7 Å². The minimum absolute atomic E-state index is 0.0305. The Labute approximate surface area is 171 Å². The number of piperidine rings is 1. The second-order valence-corrected chi connectivity index (χ2v) is 8.60. The molecule has 3 aromatic heterocycles. The summed E-state index contributed by atoms with van der Waals surface area (Å²) < 4.78 is 0. The summed E-state index contributed by atoms with van der Waals surface area (Å²) in [4.78, 5) is 36.8. The minimum Gasteiger partial charge on any atom is -0.337 e. The van der Waals surface area contributed by atoms with Crippen molar-refractivity contribution in [2.24, 2.45) is 5.92 Å². The van der Waals surface area contributed by atoms with Crippen LogP contribution >= 0.6 is 22.7 Å². The van der Waals surface area contributed by atoms with Crippen LogP contribution in [-0.4, -0.2) is 39.8 Å². The van der Waals surface area contributed by atoms with Crippen molar-refractivity contribution < 1.29 is 9.59 Å². The molecule has 144 valence electrons. The molecule has 0 unspecified atom stereocenters. The number of amides is 2. The summed E-state index contributed by atoms with van der Waals surface area (Å²) in [5.41, 5.74) is 1.54. The van der Waals surface area contributed by atoms with Crippen molar-refractivity contribution in [3.63, 3.8) is 0 Å². The van der Waals surface area contributed by atoms with Gasteiger partial charge in [-0.15, -0.1) is 22.7 Å². The maximum absolute atomic E-state index is 12.7. The van der Waals surface area contributed by atoms with Crippen LogP contribution in [0.25, 0.3) is 9.88 Å². The number of thiophene rings is 1. The number of hydrogen-bond donors (Lipinski definition) is 1. The fourth-order valence-corrected chi connectivity index (χ4v) is 4.77. The molecule has 0 saturated carbocycles. The van der Waals surface area contributed by atoms with E-state index in [0.717, 1.165) is 15.4 Å². The number of aryl methyl sites for hydroxylation is 1. The Morgan fingerprint density at radius 2 is 2.00 bits per heavy atom. The first-order chi connectivity index (χ1) is 13.6. The second kappa shape index (κ2) is 8.20. The van der Waals surface area contributed by atoms with E-state index in [1.165, 1.54) is 11.3 Å². The molecule has 0 radical (unpaired) electrons. The lowest BCUT2D eigenvalue weighted by Gasteiger charge is -2.30. The third kappa shape index (κ3) is 4.13. The van der Waals surface area contributed by atoms with Gasteiger partial charge in [-0.1, -0.05) is 12.1 Å². The third-order valence-corrected chi connectivity index (χ3v) is 6.65. The van der Waals surface area contributed by atoms with Crippen molar-refractivity contribution in [3.05, 3.63) is 52.5 Å². The van der Waals surface area contributed by atoms with E-state index in [1.807, 2.05) is 35.9 Å². The molecule has 2 amide bonds. The average Bonchev–Trinajstić information content (AvgIpc) is 3.41. The van der Waals surface area contributed by atoms with Crippen LogP contribution in [-0.2, 0) is 4.79 Å². The summed E-state index contributed by atoms with van der Waals surface area (Å²) in [6.45, 7) is 3.07. The number of nitrogens with zero attached hydrogens (tertiary/aromatic N) is 3. The van der Waals surface area contributed by atoms with Crippen LogP contribution in [0.15, 0.2) is 41.2 Å². The molecular weight excluding hydrogens is 392 g/mol. The Balaban J connectivity index is 1.33. The van der Waals surface area contributed by atoms with Gasteiger partial charge in [-0.05, 0) is 42.8 Å². The molecule has 0 spiro atoms. The van der Waals surface area contributed by atoms with Gasteiger partial charge in [-0.25, -0.2) is 9.97 Å². The Kier molecular flexibility index (Phi) is 5.50. The van der Waals surface area contributed by atoms with Gasteiger partial charge in [0.15, 0.2) is 0 Å². The van der Waals surface area contributed by atoms with Gasteiger partial charge < -0.3 is 10.2 Å². The fraction of sp³-hybridized carbons (Fsp3) is 0.300. The molecule has 1 fully saturated rings. The number of carbonyl (C=O) groups excluding carboxylic acids is 2. The van der Waals surface area contributed by atoms with Crippen molar-refractivity contribution >= 4 is 40.3 Å². The topological polar surface area (TPSA) is 75.2 Å². The zero-order valence-electron chi connectivity index (χ0n) is 15.4. The lowest BCUT2D eigenvalue weighted by atomic mass is 9.95. The number of likely N-dealkylation sites (tertiary alicyclic amines) is 1. The fourth-order valence-electron chi connectivity index (χ4n) is 3.16. The molecule has 1 aliphatic rings. The predicted molar refractivity (Wildman–Crippen MR) is 112 cm³/mol. The Morgan fingerprint density at radius 1 is 1.18 bits per heavy atom. The van der Waals surface area contributed by atoms with Crippen molar-refractivity contribution in [3.8, 4) is 9.88 Å². The van der Waals surface area contributed by atoms with Crippen LogP contribution in [0.4, 0.5) is 5.82 Å². The molecular formula is C20H20N4O2S2. The van der Waals surface area contributed by atoms with E-state index in [4.69, 9.17) is 0 Å². The van der Waals surface area contributed by atoms with E-state index >= 15 is 0 Å². The summed E-state index contributed by atoms with van der Waals surface area (Å²) >= 11 is 3.10. The Morgan fingerprint density at radius 3 is 2.68 bits per heavy atom. The highest BCUT2D eigenvalue weighted by molar-refractivity contribution is 7.20. The van der Waals surface area contributed by atoms with Gasteiger partial charge in [0.2, 0.25) is 5.91 Å². The highest BCUT2D eigenvalue weighted by atomic mass is 32.1. The lowest BCUT2D eigenvalue weighted by Crippen LogP contribution is -2.41. The van der Waals surface area contributed by atoms with Crippen molar-refractivity contribution in [1.82, 2.24) is 14.9 Å². The summed E-state index contributed by atoms with van der Waals surface area (Å²) in [6, 6.07) is 7.71. The third-order valence-electron chi connectivity index (χ3n) is 4.77. The number of aromatic nitrogens is 2. The van der Waals surface area contributed by atoms with Gasteiger partial charge in [0, 0.05) is 30.6 Å². The van der Waals surface area contributed by atoms with Gasteiger partial charge in [-0.2, -0.15) is 0 Å². The molecule has 3 aromatic rings. The van der Waals surface area contributed by atoms with Crippen LogP contribution in [0, 0.1) is 12.8 Å². The number of nitrogens with one attached hydrogen (secondary N) is 1. The Hall–Kier alpha value is -2.58. The molecule has 0 aliphatic carbocycles. The van der Waals surface area contributed by atoms with Gasteiger partial charge >= 0.3 is 0 Å². The SMILES string of the molecule is Cc1ccc(NC(=O)C2CCN(C(=O)c3csc(-c4cccs4)n3)CC2)nc1. The number of rotatable bonds is 4. The van der Waals surface area contributed by atoms with Crippen LogP contribution in [0.3, 0.4) is 0 Å². The first kappa shape index (κ1) is 18.8. The van der Waals surface area contributed by atoms with Crippen LogP contribution in [0.5, 0.6) is 0 Å². The molecule has 1 saturated heterocycles. The van der Waals surface area contributed by atoms with Gasteiger partial charge in [0.25, 0.3) is 5.91 Å². The maximum Gasteiger partial charge on any atom is 0.273 e. The van der Waals surface area contributed by atoms with Gasteiger partial charge in [0.05, 0.1) is 4.88 Å². The van der Waals surface area contributed by atoms with Crippen molar-refractivity contribution in [2.45, 2.75) is 19.8 Å². The highest BCUT2D eigenvalue weighted by Crippen LogP contribution is 2.29. The average molecular weight is 413 g/mol. The molecule has 0 aromatic carbocycles. The molecule has 0 atom stereocenters. The highest BCUT2D eigenvalue weighted by Gasteiger charge is 2.29. The number of thiazole rings is 1. The molecule has 1 N–H and O–H groups in total. The van der Waals surface area contributed by atoms with E-state index < -0.39 is 0 Å². The summed E-state index contributed by atoms with van der Waals surface area (Å²) in [7, 11) is 0. The zero-order chi connectivity index (χ0) is 19.5. The molecule has 28 heavy (non-hydrogen) atoms. The minimum atomic E-state index is -0.107. The van der Waals surface area contributed by atoms with Gasteiger partial charge in [0.1, 0.15) is 16.5 Å². The molecule has 0 bridgehead atoms. The second-order valence-electron chi connectivity index (χ2n) is 6.79. The molecule has 4 heterocycles. The van der Waals surface area contributed by atoms with Crippen molar-refractivity contribution in [2.75, 3.05) is 18.4 Å². The Bertz CT molecular complexity index is 959. The number of pyridine rings is 1. The van der Waals surface area contributed by atoms with Crippen LogP contribution in [0.2, 0.25) is 0 Å². The largest absolute Gasteiger partial charge is 0.337 e. The monoisotopic (exact) mass is 412 g/mol. The van der Waals surface area contributed by atoms with E-state index in [0.29, 0.717) is 37.4 Å². The number of carbonyl (C=O) groups is 2. The standard InChI is InChI=1S/C20H20N4O2S2/c1-13-4-5-17(21-11-13)23-18(25)14-6-8-24(9-7-14)20(26)15-12-28-19(22-15)16-3-2-10-27-16/h2-5,10-12,14H,6-9H2,1H3,(H,21,23,25). The van der Waals surface area contributed by atoms with E-state index in [2.05, 4.69) is 15.3 Å². The first-order valence-electron chi connectivity index (χ1n) is 9.12. The van der Waals surface area contributed by atoms with E-state index in [9.17, 15) is 9.59 Å².